The zero-order chi connectivity index (χ0) is 23.2. The summed E-state index contributed by atoms with van der Waals surface area (Å²) in [5, 5.41) is 3.72. The number of hydrogen-bond donors (Lipinski definition) is 1. The molecule has 1 heterocycles. The Hall–Kier alpha value is -3.37. The fourth-order valence-corrected chi connectivity index (χ4v) is 4.16. The van der Waals surface area contributed by atoms with Gasteiger partial charge in [0, 0.05) is 10.7 Å². The van der Waals surface area contributed by atoms with E-state index >= 15 is 0 Å². The molecule has 0 aromatic heterocycles. The Morgan fingerprint density at radius 2 is 1.44 bits per heavy atom. The van der Waals surface area contributed by atoms with Gasteiger partial charge in [0.25, 0.3) is 11.8 Å². The van der Waals surface area contributed by atoms with Gasteiger partial charge in [0.1, 0.15) is 5.70 Å². The summed E-state index contributed by atoms with van der Waals surface area (Å²) < 4.78 is 0. The molecule has 162 valence electrons. The first-order valence-corrected chi connectivity index (χ1v) is 10.9. The van der Waals surface area contributed by atoms with Crippen LogP contribution in [0, 0.1) is 34.6 Å². The lowest BCUT2D eigenvalue weighted by Crippen LogP contribution is -2.33. The van der Waals surface area contributed by atoms with Crippen LogP contribution in [0.4, 0.5) is 11.4 Å². The van der Waals surface area contributed by atoms with E-state index in [4.69, 9.17) is 11.6 Å². The van der Waals surface area contributed by atoms with Gasteiger partial charge >= 0.3 is 0 Å². The summed E-state index contributed by atoms with van der Waals surface area (Å²) in [6, 6.07) is 17.0. The molecular weight excluding hydrogens is 420 g/mol. The molecule has 1 aliphatic heterocycles. The van der Waals surface area contributed by atoms with Gasteiger partial charge in [-0.25, -0.2) is 4.90 Å². The Kier molecular flexibility index (Phi) is 5.66. The molecule has 0 bridgehead atoms. The van der Waals surface area contributed by atoms with Gasteiger partial charge in [-0.05, 0) is 86.7 Å². The van der Waals surface area contributed by atoms with Gasteiger partial charge in [-0.15, -0.1) is 0 Å². The lowest BCUT2D eigenvalue weighted by Gasteiger charge is -2.18. The first kappa shape index (κ1) is 21.8. The van der Waals surface area contributed by atoms with Crippen LogP contribution in [0.5, 0.6) is 0 Å². The monoisotopic (exact) mass is 444 g/mol. The maximum absolute atomic E-state index is 13.7. The molecule has 4 nitrogen and oxygen atoms in total. The number of aryl methyl sites for hydroxylation is 5. The number of rotatable bonds is 4. The number of halogens is 1. The second-order valence-electron chi connectivity index (χ2n) is 8.37. The molecule has 5 heteroatoms. The van der Waals surface area contributed by atoms with Crippen LogP contribution >= 0.6 is 11.6 Å². The van der Waals surface area contributed by atoms with E-state index in [0.717, 1.165) is 39.1 Å². The van der Waals surface area contributed by atoms with Crippen molar-refractivity contribution >= 4 is 40.4 Å². The first-order valence-electron chi connectivity index (χ1n) is 10.5. The molecule has 0 atom stereocenters. The third-order valence-corrected chi connectivity index (χ3v) is 6.16. The molecule has 3 aromatic rings. The lowest BCUT2D eigenvalue weighted by molar-refractivity contribution is -0.120. The summed E-state index contributed by atoms with van der Waals surface area (Å²) in [5.41, 5.74) is 7.70. The molecule has 0 fully saturated rings. The summed E-state index contributed by atoms with van der Waals surface area (Å²) in [6.45, 7) is 9.87. The third kappa shape index (κ3) is 3.82. The molecule has 32 heavy (non-hydrogen) atoms. The molecule has 0 unspecified atom stereocenters. The predicted octanol–water partition coefficient (Wildman–Crippen LogP) is 6.28. The minimum absolute atomic E-state index is 0.268. The van der Waals surface area contributed by atoms with Crippen molar-refractivity contribution in [2.75, 3.05) is 10.2 Å². The smallest absolute Gasteiger partial charge is 0.282 e. The van der Waals surface area contributed by atoms with Crippen LogP contribution in [0.2, 0.25) is 5.02 Å². The Labute approximate surface area is 193 Å². The molecule has 4 rings (SSSR count). The lowest BCUT2D eigenvalue weighted by atomic mass is 9.97. The van der Waals surface area contributed by atoms with Gasteiger partial charge in [-0.2, -0.15) is 0 Å². The Morgan fingerprint density at radius 1 is 0.719 bits per heavy atom. The van der Waals surface area contributed by atoms with E-state index in [1.54, 1.807) is 12.1 Å². The zero-order valence-electron chi connectivity index (χ0n) is 18.8. The SMILES string of the molecule is Cc1ccc(C2=C(Nc3ccc(C)c(C)c3)C(=O)N(c3cc(Cl)ccc3C)C2=O)c(C)c1. The number of anilines is 2. The minimum Gasteiger partial charge on any atom is -0.350 e. The van der Waals surface area contributed by atoms with Gasteiger partial charge in [0.2, 0.25) is 0 Å². The van der Waals surface area contributed by atoms with Crippen LogP contribution in [-0.2, 0) is 9.59 Å². The Morgan fingerprint density at radius 3 is 2.12 bits per heavy atom. The average Bonchev–Trinajstić information content (AvgIpc) is 2.96. The molecule has 1 N–H and O–H groups in total. The summed E-state index contributed by atoms with van der Waals surface area (Å²) in [6.07, 6.45) is 0. The van der Waals surface area contributed by atoms with Crippen molar-refractivity contribution in [1.29, 1.82) is 0 Å². The van der Waals surface area contributed by atoms with Crippen LogP contribution in [0.15, 0.2) is 60.3 Å². The number of benzene rings is 3. The zero-order valence-corrected chi connectivity index (χ0v) is 19.6. The quantitative estimate of drug-likeness (QED) is 0.482. The average molecular weight is 445 g/mol. The number of nitrogens with zero attached hydrogens (tertiary/aromatic N) is 1. The molecule has 0 saturated carbocycles. The van der Waals surface area contributed by atoms with Crippen LogP contribution in [0.3, 0.4) is 0 Å². The topological polar surface area (TPSA) is 49.4 Å². The highest BCUT2D eigenvalue weighted by molar-refractivity contribution is 6.46. The number of carbonyl (C=O) groups excluding carboxylic acids is 2. The second kappa shape index (κ2) is 8.29. The molecule has 0 radical (unpaired) electrons. The van der Waals surface area contributed by atoms with Crippen LogP contribution < -0.4 is 10.2 Å². The number of hydrogen-bond acceptors (Lipinski definition) is 3. The summed E-state index contributed by atoms with van der Waals surface area (Å²) >= 11 is 6.21. The van der Waals surface area contributed by atoms with Gasteiger partial charge < -0.3 is 5.32 Å². The van der Waals surface area contributed by atoms with Gasteiger partial charge in [0.15, 0.2) is 0 Å². The number of imide groups is 1. The Bertz CT molecular complexity index is 1310. The summed E-state index contributed by atoms with van der Waals surface area (Å²) in [4.78, 5) is 28.6. The van der Waals surface area contributed by atoms with E-state index in [1.165, 1.54) is 4.90 Å². The second-order valence-corrected chi connectivity index (χ2v) is 8.81. The summed E-state index contributed by atoms with van der Waals surface area (Å²) in [5.74, 6) is -0.757. The van der Waals surface area contributed by atoms with Crippen LogP contribution in [-0.4, -0.2) is 11.8 Å². The van der Waals surface area contributed by atoms with Crippen molar-refractivity contribution in [3.05, 3.63) is 98.7 Å². The normalized spacial score (nSPS) is 13.9. The van der Waals surface area contributed by atoms with E-state index in [2.05, 4.69) is 5.32 Å². The van der Waals surface area contributed by atoms with Crippen molar-refractivity contribution in [2.24, 2.45) is 0 Å². The maximum atomic E-state index is 13.7. The standard InChI is InChI=1S/C27H25ClN2O2/c1-15-6-11-22(19(5)12-15)24-25(29-21-10-8-16(2)18(4)13-21)27(32)30(26(24)31)23-14-20(28)9-7-17(23)3/h6-14,29H,1-5H3. The van der Waals surface area contributed by atoms with Crippen molar-refractivity contribution < 1.29 is 9.59 Å². The largest absolute Gasteiger partial charge is 0.350 e. The van der Waals surface area contributed by atoms with E-state index in [1.807, 2.05) is 77.1 Å². The van der Waals surface area contributed by atoms with E-state index < -0.39 is 5.91 Å². The van der Waals surface area contributed by atoms with Gasteiger partial charge in [-0.3, -0.25) is 9.59 Å². The minimum atomic E-state index is -0.395. The van der Waals surface area contributed by atoms with Crippen molar-refractivity contribution in [2.45, 2.75) is 34.6 Å². The number of nitrogens with one attached hydrogen (secondary N) is 1. The van der Waals surface area contributed by atoms with Crippen molar-refractivity contribution in [1.82, 2.24) is 0 Å². The molecule has 3 aromatic carbocycles. The molecule has 0 spiro atoms. The van der Waals surface area contributed by atoms with Crippen LogP contribution in [0.25, 0.3) is 5.57 Å². The molecular formula is C27H25ClN2O2. The molecule has 1 aliphatic rings. The van der Waals surface area contributed by atoms with Crippen molar-refractivity contribution in [3.8, 4) is 0 Å². The van der Waals surface area contributed by atoms with E-state index in [-0.39, 0.29) is 11.6 Å². The van der Waals surface area contributed by atoms with E-state index in [9.17, 15) is 9.59 Å². The molecule has 0 aliphatic carbocycles. The number of carbonyl (C=O) groups is 2. The predicted molar refractivity (Wildman–Crippen MR) is 131 cm³/mol. The van der Waals surface area contributed by atoms with E-state index in [0.29, 0.717) is 16.3 Å². The highest BCUT2D eigenvalue weighted by atomic mass is 35.5. The number of amides is 2. The first-order chi connectivity index (χ1) is 15.2. The summed E-state index contributed by atoms with van der Waals surface area (Å²) in [7, 11) is 0. The Balaban J connectivity index is 1.89. The fraction of sp³-hybridized carbons (Fsp3) is 0.185. The third-order valence-electron chi connectivity index (χ3n) is 5.92. The van der Waals surface area contributed by atoms with Gasteiger partial charge in [0.05, 0.1) is 11.3 Å². The van der Waals surface area contributed by atoms with Crippen LogP contribution in [0.1, 0.15) is 33.4 Å². The maximum Gasteiger partial charge on any atom is 0.282 e. The molecule has 0 saturated heterocycles. The highest BCUT2D eigenvalue weighted by Gasteiger charge is 2.41. The fourth-order valence-electron chi connectivity index (χ4n) is 4.00. The molecule has 2 amide bonds. The van der Waals surface area contributed by atoms with Gasteiger partial charge in [-0.1, -0.05) is 47.5 Å². The highest BCUT2D eigenvalue weighted by Crippen LogP contribution is 2.37. The van der Waals surface area contributed by atoms with Crippen molar-refractivity contribution in [3.63, 3.8) is 0 Å².